The molecule has 0 N–H and O–H groups in total. The molecule has 4 atom stereocenters. The van der Waals surface area contributed by atoms with Crippen LogP contribution in [0.1, 0.15) is 62.3 Å². The first kappa shape index (κ1) is 18.7. The molecule has 3 aliphatic carbocycles. The maximum atomic E-state index is 13.4. The number of Topliss-reactive ketones (excluding diaryl/α,β-unsaturated/α-hetero) is 1. The van der Waals surface area contributed by atoms with Crippen molar-refractivity contribution in [3.8, 4) is 5.75 Å². The van der Waals surface area contributed by atoms with E-state index < -0.39 is 0 Å². The molecule has 0 amide bonds. The Morgan fingerprint density at radius 1 is 1.31 bits per heavy atom. The lowest BCUT2D eigenvalue weighted by molar-refractivity contribution is -0.127. The van der Waals surface area contributed by atoms with E-state index in [0.29, 0.717) is 23.5 Å². The first-order valence-corrected chi connectivity index (χ1v) is 11.0. The summed E-state index contributed by atoms with van der Waals surface area (Å²) in [4.78, 5) is 13.4. The summed E-state index contributed by atoms with van der Waals surface area (Å²) >= 11 is 0. The number of carbonyl (C=O) groups excluding carboxylic acids is 1. The Hall–Kier alpha value is -2.36. The molecule has 0 saturated heterocycles. The van der Waals surface area contributed by atoms with Crippen molar-refractivity contribution in [1.29, 1.82) is 0 Å². The molecule has 2 saturated carbocycles. The molecule has 0 bridgehead atoms. The van der Waals surface area contributed by atoms with Crippen molar-refractivity contribution < 1.29 is 9.53 Å². The zero-order chi connectivity index (χ0) is 20.2. The summed E-state index contributed by atoms with van der Waals surface area (Å²) < 4.78 is 7.36. The van der Waals surface area contributed by atoms with Crippen LogP contribution in [0.4, 0.5) is 0 Å². The highest BCUT2D eigenvalue weighted by molar-refractivity contribution is 6.05. The van der Waals surface area contributed by atoms with E-state index in [1.54, 1.807) is 7.11 Å². The molecule has 2 fully saturated rings. The van der Waals surface area contributed by atoms with Crippen LogP contribution < -0.4 is 4.74 Å². The van der Waals surface area contributed by atoms with Gasteiger partial charge < -0.3 is 4.74 Å². The van der Waals surface area contributed by atoms with Crippen LogP contribution in [0.25, 0.3) is 6.08 Å². The number of benzene rings is 1. The van der Waals surface area contributed by atoms with Gasteiger partial charge in [-0.1, -0.05) is 13.0 Å². The van der Waals surface area contributed by atoms with Crippen molar-refractivity contribution in [2.24, 2.45) is 17.3 Å². The molecule has 5 rings (SSSR count). The molecule has 1 aromatic carbocycles. The van der Waals surface area contributed by atoms with E-state index in [-0.39, 0.29) is 5.41 Å². The summed E-state index contributed by atoms with van der Waals surface area (Å²) in [6, 6.07) is 8.61. The van der Waals surface area contributed by atoms with Gasteiger partial charge in [-0.15, -0.1) is 0 Å². The van der Waals surface area contributed by atoms with Crippen LogP contribution in [-0.4, -0.2) is 22.7 Å². The van der Waals surface area contributed by atoms with Crippen LogP contribution in [0.3, 0.4) is 0 Å². The smallest absolute Gasteiger partial charge is 0.165 e. The monoisotopic (exact) mass is 390 g/mol. The lowest BCUT2D eigenvalue weighted by Gasteiger charge is -2.48. The Morgan fingerprint density at radius 2 is 2.17 bits per heavy atom. The predicted octanol–water partition coefficient (Wildman–Crippen LogP) is 5.03. The molecule has 1 heterocycles. The minimum Gasteiger partial charge on any atom is -0.497 e. The first-order valence-electron chi connectivity index (χ1n) is 11.0. The topological polar surface area (TPSA) is 44.1 Å². The fourth-order valence-corrected chi connectivity index (χ4v) is 6.29. The fraction of sp³-hybridized carbons (Fsp3) is 0.520. The molecule has 4 heteroatoms. The second-order valence-electron chi connectivity index (χ2n) is 9.24. The van der Waals surface area contributed by atoms with Gasteiger partial charge in [0.2, 0.25) is 0 Å². The third-order valence-corrected chi connectivity index (χ3v) is 7.88. The van der Waals surface area contributed by atoms with Gasteiger partial charge >= 0.3 is 0 Å². The van der Waals surface area contributed by atoms with Gasteiger partial charge in [-0.3, -0.25) is 9.48 Å². The van der Waals surface area contributed by atoms with Crippen LogP contribution >= 0.6 is 0 Å². The number of methoxy groups -OCH3 is 1. The number of aromatic nitrogens is 2. The standard InChI is InChI=1S/C25H30N2O2/c1-4-27-12-10-18(26-27)13-17-15-23-22-7-5-16-14-19(29-3)6-8-20(16)21(22)9-11-25(23,2)24(17)28/h6,8,10,12-14,21-23H,4-5,7,9,11,15H2,1-3H3/b17-13+. The highest BCUT2D eigenvalue weighted by atomic mass is 16.5. The molecule has 0 aliphatic heterocycles. The second kappa shape index (κ2) is 6.86. The first-order chi connectivity index (χ1) is 14.0. The summed E-state index contributed by atoms with van der Waals surface area (Å²) in [7, 11) is 1.74. The molecule has 0 spiro atoms. The maximum absolute atomic E-state index is 13.4. The number of fused-ring (bicyclic) bond motifs is 5. The van der Waals surface area contributed by atoms with E-state index >= 15 is 0 Å². The van der Waals surface area contributed by atoms with Crippen LogP contribution in [0.2, 0.25) is 0 Å². The minimum atomic E-state index is -0.204. The van der Waals surface area contributed by atoms with Crippen molar-refractivity contribution in [1.82, 2.24) is 9.78 Å². The SMILES string of the molecule is CCn1ccc(/C=C2\CC3C4CCc5cc(OC)ccc5C4CCC3(C)C2=O)n1. The maximum Gasteiger partial charge on any atom is 0.165 e. The third kappa shape index (κ3) is 2.87. The van der Waals surface area contributed by atoms with Gasteiger partial charge in [0, 0.05) is 18.2 Å². The molecule has 152 valence electrons. The van der Waals surface area contributed by atoms with E-state index in [4.69, 9.17) is 4.74 Å². The van der Waals surface area contributed by atoms with Gasteiger partial charge in [-0.05, 0) is 97.8 Å². The lowest BCUT2D eigenvalue weighted by Crippen LogP contribution is -2.42. The predicted molar refractivity (Wildman–Crippen MR) is 114 cm³/mol. The van der Waals surface area contributed by atoms with Gasteiger partial charge in [-0.25, -0.2) is 0 Å². The molecule has 1 aromatic heterocycles. The van der Waals surface area contributed by atoms with E-state index in [2.05, 4.69) is 43.2 Å². The summed E-state index contributed by atoms with van der Waals surface area (Å²) in [5.74, 6) is 2.94. The average molecular weight is 391 g/mol. The lowest BCUT2D eigenvalue weighted by atomic mass is 9.55. The number of nitrogens with zero attached hydrogens (tertiary/aromatic N) is 2. The number of allylic oxidation sites excluding steroid dienone is 1. The Balaban J connectivity index is 1.46. The molecule has 29 heavy (non-hydrogen) atoms. The summed E-state index contributed by atoms with van der Waals surface area (Å²) in [5, 5.41) is 4.57. The number of hydrogen-bond acceptors (Lipinski definition) is 3. The molecule has 0 radical (unpaired) electrons. The number of ether oxygens (including phenoxy) is 1. The van der Waals surface area contributed by atoms with E-state index in [9.17, 15) is 4.79 Å². The number of aryl methyl sites for hydroxylation is 2. The van der Waals surface area contributed by atoms with Crippen molar-refractivity contribution in [3.05, 3.63) is 52.9 Å². The summed E-state index contributed by atoms with van der Waals surface area (Å²) in [6.07, 6.45) is 9.31. The largest absolute Gasteiger partial charge is 0.497 e. The summed E-state index contributed by atoms with van der Waals surface area (Å²) in [6.45, 7) is 5.16. The molecule has 4 nitrogen and oxygen atoms in total. The van der Waals surface area contributed by atoms with E-state index in [0.717, 1.165) is 49.2 Å². The average Bonchev–Trinajstić information content (AvgIpc) is 3.30. The van der Waals surface area contributed by atoms with E-state index in [1.807, 2.05) is 16.9 Å². The van der Waals surface area contributed by atoms with Gasteiger partial charge in [0.15, 0.2) is 5.78 Å². The molecular formula is C25H30N2O2. The summed E-state index contributed by atoms with van der Waals surface area (Å²) in [5.41, 5.74) is 4.63. The normalized spacial score (nSPS) is 32.0. The molecule has 4 unspecified atom stereocenters. The number of ketones is 1. The second-order valence-corrected chi connectivity index (χ2v) is 9.24. The van der Waals surface area contributed by atoms with E-state index in [1.165, 1.54) is 17.5 Å². The van der Waals surface area contributed by atoms with Gasteiger partial charge in [0.05, 0.1) is 12.8 Å². The zero-order valence-corrected chi connectivity index (χ0v) is 17.6. The molecule has 2 aromatic rings. The molecule has 3 aliphatic rings. The molecular weight excluding hydrogens is 360 g/mol. The Kier molecular flexibility index (Phi) is 4.41. The zero-order valence-electron chi connectivity index (χ0n) is 17.6. The fourth-order valence-electron chi connectivity index (χ4n) is 6.29. The van der Waals surface area contributed by atoms with Crippen molar-refractivity contribution in [3.63, 3.8) is 0 Å². The number of rotatable bonds is 3. The quantitative estimate of drug-likeness (QED) is 0.691. The Labute approximate surface area is 173 Å². The van der Waals surface area contributed by atoms with Gasteiger partial charge in [-0.2, -0.15) is 5.10 Å². The van der Waals surface area contributed by atoms with Crippen LogP contribution in [0.15, 0.2) is 36.0 Å². The van der Waals surface area contributed by atoms with Gasteiger partial charge in [0.25, 0.3) is 0 Å². The van der Waals surface area contributed by atoms with Crippen molar-refractivity contribution in [2.75, 3.05) is 7.11 Å². The van der Waals surface area contributed by atoms with Crippen LogP contribution in [-0.2, 0) is 17.8 Å². The van der Waals surface area contributed by atoms with Crippen LogP contribution in [0, 0.1) is 17.3 Å². The Morgan fingerprint density at radius 3 is 2.93 bits per heavy atom. The van der Waals surface area contributed by atoms with Crippen LogP contribution in [0.5, 0.6) is 5.75 Å². The third-order valence-electron chi connectivity index (χ3n) is 7.88. The van der Waals surface area contributed by atoms with Gasteiger partial charge in [0.1, 0.15) is 5.75 Å². The number of hydrogen-bond donors (Lipinski definition) is 0. The highest BCUT2D eigenvalue weighted by Crippen LogP contribution is 2.60. The van der Waals surface area contributed by atoms with Crippen molar-refractivity contribution in [2.45, 2.75) is 58.4 Å². The Bertz CT molecular complexity index is 988. The highest BCUT2D eigenvalue weighted by Gasteiger charge is 2.56. The van der Waals surface area contributed by atoms with Crippen molar-refractivity contribution >= 4 is 11.9 Å². The number of carbonyl (C=O) groups is 1. The minimum absolute atomic E-state index is 0.204.